The summed E-state index contributed by atoms with van der Waals surface area (Å²) in [7, 11) is 0. The molecule has 2 aliphatic carbocycles. The Morgan fingerprint density at radius 2 is 1.86 bits per heavy atom. The Balaban J connectivity index is 1.58. The number of fused-ring (bicyclic) bond motifs is 3. The summed E-state index contributed by atoms with van der Waals surface area (Å²) in [5, 5.41) is 9.77. The van der Waals surface area contributed by atoms with E-state index in [2.05, 4.69) is 24.3 Å². The van der Waals surface area contributed by atoms with E-state index in [1.165, 1.54) is 0 Å². The van der Waals surface area contributed by atoms with Crippen LogP contribution in [0.5, 0.6) is 0 Å². The van der Waals surface area contributed by atoms with Crippen LogP contribution in [0.15, 0.2) is 42.5 Å². The molecule has 1 aromatic rings. The third-order valence-corrected chi connectivity index (χ3v) is 5.70. The van der Waals surface area contributed by atoms with Crippen LogP contribution in [-0.2, 0) is 9.47 Å². The van der Waals surface area contributed by atoms with Gasteiger partial charge in [-0.25, -0.2) is 0 Å². The Kier molecular flexibility index (Phi) is 4.03. The van der Waals surface area contributed by atoms with Crippen LogP contribution in [0, 0.1) is 23.7 Å². The van der Waals surface area contributed by atoms with Crippen molar-refractivity contribution in [3.8, 4) is 0 Å². The Bertz CT molecular complexity index is 527. The van der Waals surface area contributed by atoms with Gasteiger partial charge in [-0.1, -0.05) is 42.5 Å². The zero-order valence-corrected chi connectivity index (χ0v) is 12.8. The second kappa shape index (κ2) is 6.15. The molecule has 1 aliphatic heterocycles. The van der Waals surface area contributed by atoms with E-state index in [9.17, 15) is 5.11 Å². The smallest absolute Gasteiger partial charge is 0.184 e. The lowest BCUT2D eigenvalue weighted by Crippen LogP contribution is -2.52. The average Bonchev–Trinajstić information content (AvgIpc) is 2.61. The molecule has 3 nitrogen and oxygen atoms in total. The lowest BCUT2D eigenvalue weighted by atomic mass is 9.63. The molecule has 118 valence electrons. The molecule has 2 fully saturated rings. The highest BCUT2D eigenvalue weighted by atomic mass is 16.7. The van der Waals surface area contributed by atoms with Crippen LogP contribution >= 0.6 is 0 Å². The minimum atomic E-state index is -0.258. The van der Waals surface area contributed by atoms with Gasteiger partial charge in [0, 0.05) is 18.1 Å². The summed E-state index contributed by atoms with van der Waals surface area (Å²) in [4.78, 5) is 0. The van der Waals surface area contributed by atoms with Crippen molar-refractivity contribution in [2.24, 2.45) is 23.7 Å². The number of aliphatic hydroxyl groups excluding tert-OH is 1. The van der Waals surface area contributed by atoms with E-state index in [0.29, 0.717) is 30.3 Å². The van der Waals surface area contributed by atoms with Crippen LogP contribution in [-0.4, -0.2) is 24.4 Å². The summed E-state index contributed by atoms with van der Waals surface area (Å²) < 4.78 is 12.4. The monoisotopic (exact) mass is 300 g/mol. The average molecular weight is 300 g/mol. The lowest BCUT2D eigenvalue weighted by molar-refractivity contribution is -0.278. The first-order valence-corrected chi connectivity index (χ1v) is 8.44. The van der Waals surface area contributed by atoms with Crippen molar-refractivity contribution in [2.45, 2.75) is 31.7 Å². The highest BCUT2D eigenvalue weighted by Crippen LogP contribution is 2.48. The standard InChI is InChI=1S/C19H24O3/c20-11-15-10-14-8-4-5-9-16(14)18-17(15)12-21-19(22-18)13-6-2-1-3-7-13/h1-7,14-20H,8-12H2/t14-,15+,16-,17+,18-,19?/m0/s1. The molecule has 1 N–H and O–H groups in total. The Morgan fingerprint density at radius 3 is 2.68 bits per heavy atom. The fraction of sp³-hybridized carbons (Fsp3) is 0.579. The van der Waals surface area contributed by atoms with Crippen molar-refractivity contribution in [3.05, 3.63) is 48.0 Å². The van der Waals surface area contributed by atoms with Gasteiger partial charge in [-0.05, 0) is 37.0 Å². The molecular formula is C19H24O3. The van der Waals surface area contributed by atoms with Crippen molar-refractivity contribution >= 4 is 0 Å². The molecule has 1 aromatic carbocycles. The highest BCUT2D eigenvalue weighted by Gasteiger charge is 2.48. The summed E-state index contributed by atoms with van der Waals surface area (Å²) in [6.07, 6.45) is 7.88. The molecule has 1 saturated carbocycles. The van der Waals surface area contributed by atoms with Crippen LogP contribution in [0.25, 0.3) is 0 Å². The van der Waals surface area contributed by atoms with Crippen LogP contribution in [0.3, 0.4) is 0 Å². The molecule has 0 aromatic heterocycles. The number of aliphatic hydroxyl groups is 1. The fourth-order valence-electron chi connectivity index (χ4n) is 4.52. The summed E-state index contributed by atoms with van der Waals surface area (Å²) in [6.45, 7) is 0.944. The number of hydrogen-bond donors (Lipinski definition) is 1. The third kappa shape index (κ3) is 2.51. The van der Waals surface area contributed by atoms with E-state index in [1.807, 2.05) is 18.2 Å². The van der Waals surface area contributed by atoms with Crippen LogP contribution in [0.1, 0.15) is 31.1 Å². The minimum Gasteiger partial charge on any atom is -0.396 e. The topological polar surface area (TPSA) is 38.7 Å². The normalized spacial score (nSPS) is 40.8. The predicted molar refractivity (Wildman–Crippen MR) is 84.0 cm³/mol. The third-order valence-electron chi connectivity index (χ3n) is 5.70. The molecule has 1 saturated heterocycles. The maximum absolute atomic E-state index is 9.77. The van der Waals surface area contributed by atoms with Crippen molar-refractivity contribution in [2.75, 3.05) is 13.2 Å². The summed E-state index contributed by atoms with van der Waals surface area (Å²) in [6, 6.07) is 10.2. The second-order valence-corrected chi connectivity index (χ2v) is 6.89. The summed E-state index contributed by atoms with van der Waals surface area (Å²) in [5.41, 5.74) is 1.09. The van der Waals surface area contributed by atoms with Gasteiger partial charge in [0.25, 0.3) is 0 Å². The van der Waals surface area contributed by atoms with E-state index < -0.39 is 0 Å². The maximum atomic E-state index is 9.77. The highest BCUT2D eigenvalue weighted by molar-refractivity contribution is 5.17. The van der Waals surface area contributed by atoms with Gasteiger partial charge in [0.2, 0.25) is 0 Å². The first-order valence-electron chi connectivity index (χ1n) is 8.44. The van der Waals surface area contributed by atoms with Crippen LogP contribution < -0.4 is 0 Å². The minimum absolute atomic E-state index is 0.208. The number of rotatable bonds is 2. The first kappa shape index (κ1) is 14.4. The van der Waals surface area contributed by atoms with Gasteiger partial charge in [-0.2, -0.15) is 0 Å². The molecule has 3 heteroatoms. The first-order chi connectivity index (χ1) is 10.9. The summed E-state index contributed by atoms with van der Waals surface area (Å²) >= 11 is 0. The van der Waals surface area contributed by atoms with Crippen molar-refractivity contribution < 1.29 is 14.6 Å². The van der Waals surface area contributed by atoms with Gasteiger partial charge in [0.15, 0.2) is 6.29 Å². The van der Waals surface area contributed by atoms with Gasteiger partial charge >= 0.3 is 0 Å². The molecule has 0 radical (unpaired) electrons. The quantitative estimate of drug-likeness (QED) is 0.852. The van der Waals surface area contributed by atoms with E-state index in [4.69, 9.17) is 9.47 Å². The second-order valence-electron chi connectivity index (χ2n) is 6.89. The predicted octanol–water partition coefficient (Wildman–Crippen LogP) is 3.31. The molecular weight excluding hydrogens is 276 g/mol. The number of hydrogen-bond acceptors (Lipinski definition) is 3. The van der Waals surface area contributed by atoms with E-state index >= 15 is 0 Å². The van der Waals surface area contributed by atoms with Gasteiger partial charge in [-0.15, -0.1) is 0 Å². The number of allylic oxidation sites excluding steroid dienone is 2. The van der Waals surface area contributed by atoms with E-state index in [1.54, 1.807) is 0 Å². The maximum Gasteiger partial charge on any atom is 0.184 e. The molecule has 0 spiro atoms. The molecule has 1 heterocycles. The fourth-order valence-corrected chi connectivity index (χ4v) is 4.52. The molecule has 4 rings (SSSR count). The van der Waals surface area contributed by atoms with Gasteiger partial charge in [0.05, 0.1) is 12.7 Å². The van der Waals surface area contributed by atoms with Gasteiger partial charge in [-0.3, -0.25) is 0 Å². The summed E-state index contributed by atoms with van der Waals surface area (Å²) in [5.74, 6) is 1.87. The SMILES string of the molecule is OC[C@H]1C[C@@H]2CC=CC[C@@H]2[C@@H]2OC(c3ccccc3)OC[C@H]12. The van der Waals surface area contributed by atoms with Crippen molar-refractivity contribution in [1.29, 1.82) is 0 Å². The Morgan fingerprint density at radius 1 is 1.05 bits per heavy atom. The van der Waals surface area contributed by atoms with E-state index in [-0.39, 0.29) is 19.0 Å². The van der Waals surface area contributed by atoms with E-state index in [0.717, 1.165) is 24.8 Å². The molecule has 0 amide bonds. The molecule has 1 unspecified atom stereocenters. The zero-order valence-electron chi connectivity index (χ0n) is 12.8. The van der Waals surface area contributed by atoms with Crippen molar-refractivity contribution in [3.63, 3.8) is 0 Å². The van der Waals surface area contributed by atoms with Crippen molar-refractivity contribution in [1.82, 2.24) is 0 Å². The van der Waals surface area contributed by atoms with Gasteiger partial charge in [0.1, 0.15) is 0 Å². The Labute approximate surface area is 131 Å². The van der Waals surface area contributed by atoms with Crippen LogP contribution in [0.2, 0.25) is 0 Å². The molecule has 3 aliphatic rings. The number of ether oxygens (including phenoxy) is 2. The molecule has 22 heavy (non-hydrogen) atoms. The molecule has 6 atom stereocenters. The zero-order chi connectivity index (χ0) is 14.9. The Hall–Kier alpha value is -1.16. The lowest BCUT2D eigenvalue weighted by Gasteiger charge is -2.51. The van der Waals surface area contributed by atoms with Gasteiger partial charge < -0.3 is 14.6 Å². The van der Waals surface area contributed by atoms with Crippen LogP contribution in [0.4, 0.5) is 0 Å². The largest absolute Gasteiger partial charge is 0.396 e. The number of benzene rings is 1. The molecule has 0 bridgehead atoms.